The van der Waals surface area contributed by atoms with Gasteiger partial charge in [-0.2, -0.15) is 0 Å². The van der Waals surface area contributed by atoms with Crippen molar-refractivity contribution in [2.24, 2.45) is 0 Å². The van der Waals surface area contributed by atoms with Crippen LogP contribution in [0, 0.1) is 0 Å². The number of hydrogen-bond donors (Lipinski definition) is 1. The summed E-state index contributed by atoms with van der Waals surface area (Å²) in [5.74, 6) is 0. The Balaban J connectivity index is 0.00000133. The third-order valence-electron chi connectivity index (χ3n) is 3.36. The van der Waals surface area contributed by atoms with Crippen molar-refractivity contribution in [3.05, 3.63) is 33.7 Å². The Kier molecular flexibility index (Phi) is 4.57. The lowest BCUT2D eigenvalue weighted by atomic mass is 10.2. The fourth-order valence-corrected chi connectivity index (χ4v) is 3.03. The van der Waals surface area contributed by atoms with E-state index in [4.69, 9.17) is 0 Å². The van der Waals surface area contributed by atoms with Gasteiger partial charge in [0.1, 0.15) is 0 Å². The van der Waals surface area contributed by atoms with E-state index in [1.807, 2.05) is 5.38 Å². The van der Waals surface area contributed by atoms with Crippen LogP contribution < -0.4 is 10.9 Å². The first-order chi connectivity index (χ1) is 8.74. The van der Waals surface area contributed by atoms with Crippen molar-refractivity contribution in [2.75, 3.05) is 19.6 Å². The van der Waals surface area contributed by atoms with E-state index in [-0.39, 0.29) is 18.0 Å². The minimum Gasteiger partial charge on any atom is -0.314 e. The average Bonchev–Trinajstić information content (AvgIpc) is 2.81. The van der Waals surface area contributed by atoms with Gasteiger partial charge in [-0.1, -0.05) is 0 Å². The Morgan fingerprint density at radius 1 is 1.58 bits per heavy atom. The molecule has 2 aromatic rings. The van der Waals surface area contributed by atoms with Gasteiger partial charge < -0.3 is 5.32 Å². The zero-order valence-corrected chi connectivity index (χ0v) is 12.3. The second-order valence-corrected chi connectivity index (χ2v) is 5.54. The lowest BCUT2D eigenvalue weighted by Crippen LogP contribution is -2.49. The number of piperazine rings is 1. The SMILES string of the molecule is CC1CNCCN1Cc1cc(=O)n2ccsc2n1.Cl. The molecule has 0 spiro atoms. The second-order valence-electron chi connectivity index (χ2n) is 4.66. The maximum atomic E-state index is 11.9. The van der Waals surface area contributed by atoms with Gasteiger partial charge in [0.2, 0.25) is 0 Å². The minimum atomic E-state index is 0. The molecule has 3 heterocycles. The lowest BCUT2D eigenvalue weighted by Gasteiger charge is -2.33. The highest BCUT2D eigenvalue weighted by atomic mass is 35.5. The maximum absolute atomic E-state index is 11.9. The molecular weight excluding hydrogens is 284 g/mol. The molecule has 0 amide bonds. The Labute approximate surface area is 121 Å². The molecule has 19 heavy (non-hydrogen) atoms. The number of nitrogens with zero attached hydrogens (tertiary/aromatic N) is 3. The van der Waals surface area contributed by atoms with Crippen molar-refractivity contribution in [3.8, 4) is 0 Å². The summed E-state index contributed by atoms with van der Waals surface area (Å²) in [5, 5.41) is 5.25. The van der Waals surface area contributed by atoms with E-state index in [9.17, 15) is 4.79 Å². The highest BCUT2D eigenvalue weighted by molar-refractivity contribution is 7.15. The van der Waals surface area contributed by atoms with Crippen LogP contribution in [0.3, 0.4) is 0 Å². The molecule has 2 aromatic heterocycles. The molecule has 1 aliphatic rings. The van der Waals surface area contributed by atoms with E-state index in [1.54, 1.807) is 16.7 Å². The Morgan fingerprint density at radius 3 is 3.21 bits per heavy atom. The minimum absolute atomic E-state index is 0. The van der Waals surface area contributed by atoms with Crippen molar-refractivity contribution in [1.29, 1.82) is 0 Å². The van der Waals surface area contributed by atoms with Gasteiger partial charge in [-0.25, -0.2) is 4.98 Å². The van der Waals surface area contributed by atoms with Gasteiger partial charge >= 0.3 is 0 Å². The summed E-state index contributed by atoms with van der Waals surface area (Å²) < 4.78 is 1.59. The summed E-state index contributed by atoms with van der Waals surface area (Å²) in [6.45, 7) is 5.96. The van der Waals surface area contributed by atoms with Gasteiger partial charge in [0, 0.05) is 49.9 Å². The van der Waals surface area contributed by atoms with Crippen molar-refractivity contribution in [2.45, 2.75) is 19.5 Å². The average molecular weight is 301 g/mol. The predicted octanol–water partition coefficient (Wildman–Crippen LogP) is 0.971. The van der Waals surface area contributed by atoms with Gasteiger partial charge in [-0.15, -0.1) is 23.7 Å². The molecule has 7 heteroatoms. The summed E-state index contributed by atoms with van der Waals surface area (Å²) in [6, 6.07) is 2.14. The normalized spacial score (nSPS) is 20.4. The zero-order chi connectivity index (χ0) is 12.5. The molecule has 0 aromatic carbocycles. The van der Waals surface area contributed by atoms with Gasteiger partial charge in [0.25, 0.3) is 5.56 Å². The van der Waals surface area contributed by atoms with E-state index in [0.29, 0.717) is 6.04 Å². The Morgan fingerprint density at radius 2 is 2.42 bits per heavy atom. The number of aromatic nitrogens is 2. The summed E-state index contributed by atoms with van der Waals surface area (Å²) in [6.07, 6.45) is 1.77. The summed E-state index contributed by atoms with van der Waals surface area (Å²) in [4.78, 5) is 19.6. The number of fused-ring (bicyclic) bond motifs is 1. The van der Waals surface area contributed by atoms with Gasteiger partial charge in [0.15, 0.2) is 4.96 Å². The fraction of sp³-hybridized carbons (Fsp3) is 0.500. The molecule has 1 fully saturated rings. The van der Waals surface area contributed by atoms with Gasteiger partial charge in [-0.05, 0) is 6.92 Å². The summed E-state index contributed by atoms with van der Waals surface area (Å²) >= 11 is 1.50. The number of thiazole rings is 1. The first-order valence-corrected chi connectivity index (χ1v) is 7.02. The van der Waals surface area contributed by atoms with Crippen LogP contribution in [-0.4, -0.2) is 40.0 Å². The molecule has 0 aliphatic carbocycles. The standard InChI is InChI=1S/C12H16N4OS.ClH/c1-9-7-13-2-3-15(9)8-10-6-11(17)16-4-5-18-12(16)14-10;/h4-6,9,13H,2-3,7-8H2,1H3;1H. The molecule has 1 saturated heterocycles. The van der Waals surface area contributed by atoms with Crippen molar-refractivity contribution in [1.82, 2.24) is 19.6 Å². The Hall–Kier alpha value is -0.950. The number of nitrogens with one attached hydrogen (secondary N) is 1. The molecular formula is C12H17ClN4OS. The van der Waals surface area contributed by atoms with Crippen molar-refractivity contribution >= 4 is 28.7 Å². The van der Waals surface area contributed by atoms with E-state index >= 15 is 0 Å². The highest BCUT2D eigenvalue weighted by Crippen LogP contribution is 2.10. The van der Waals surface area contributed by atoms with Gasteiger partial charge in [-0.3, -0.25) is 14.1 Å². The molecule has 1 atom stereocenters. The van der Waals surface area contributed by atoms with Crippen LogP contribution in [-0.2, 0) is 6.54 Å². The highest BCUT2D eigenvalue weighted by Gasteiger charge is 2.18. The quantitative estimate of drug-likeness (QED) is 0.898. The van der Waals surface area contributed by atoms with Crippen LogP contribution in [0.2, 0.25) is 0 Å². The monoisotopic (exact) mass is 300 g/mol. The van der Waals surface area contributed by atoms with E-state index in [2.05, 4.69) is 22.1 Å². The van der Waals surface area contributed by atoms with Crippen LogP contribution in [0.15, 0.2) is 22.4 Å². The Bertz CT molecular complexity index is 611. The third-order valence-corrected chi connectivity index (χ3v) is 4.12. The number of halogens is 1. The number of rotatable bonds is 2. The molecule has 5 nitrogen and oxygen atoms in total. The number of hydrogen-bond acceptors (Lipinski definition) is 5. The van der Waals surface area contributed by atoms with Crippen LogP contribution in [0.1, 0.15) is 12.6 Å². The molecule has 1 aliphatic heterocycles. The zero-order valence-electron chi connectivity index (χ0n) is 10.7. The smallest absolute Gasteiger partial charge is 0.258 e. The summed E-state index contributed by atoms with van der Waals surface area (Å²) in [7, 11) is 0. The summed E-state index contributed by atoms with van der Waals surface area (Å²) in [5.41, 5.74) is 0.884. The largest absolute Gasteiger partial charge is 0.314 e. The first-order valence-electron chi connectivity index (χ1n) is 6.14. The predicted molar refractivity (Wildman–Crippen MR) is 79.3 cm³/mol. The molecule has 0 bridgehead atoms. The van der Waals surface area contributed by atoms with Crippen LogP contribution in [0.4, 0.5) is 0 Å². The molecule has 3 rings (SSSR count). The molecule has 0 radical (unpaired) electrons. The van der Waals surface area contributed by atoms with E-state index in [0.717, 1.165) is 36.8 Å². The second kappa shape index (κ2) is 6.00. The van der Waals surface area contributed by atoms with Crippen molar-refractivity contribution in [3.63, 3.8) is 0 Å². The molecule has 104 valence electrons. The molecule has 1 N–H and O–H groups in total. The maximum Gasteiger partial charge on any atom is 0.258 e. The van der Waals surface area contributed by atoms with E-state index < -0.39 is 0 Å². The van der Waals surface area contributed by atoms with Crippen LogP contribution in [0.25, 0.3) is 4.96 Å². The lowest BCUT2D eigenvalue weighted by molar-refractivity contribution is 0.164. The third kappa shape index (κ3) is 2.97. The van der Waals surface area contributed by atoms with E-state index in [1.165, 1.54) is 11.3 Å². The van der Waals surface area contributed by atoms with Crippen LogP contribution >= 0.6 is 23.7 Å². The van der Waals surface area contributed by atoms with Gasteiger partial charge in [0.05, 0.1) is 5.69 Å². The molecule has 1 unspecified atom stereocenters. The first kappa shape index (κ1) is 14.5. The fourth-order valence-electron chi connectivity index (χ4n) is 2.29. The topological polar surface area (TPSA) is 49.6 Å². The van der Waals surface area contributed by atoms with Crippen molar-refractivity contribution < 1.29 is 0 Å². The molecule has 0 saturated carbocycles. The van der Waals surface area contributed by atoms with Crippen LogP contribution in [0.5, 0.6) is 0 Å².